The first-order valence-corrected chi connectivity index (χ1v) is 7.63. The number of amides is 2. The van der Waals surface area contributed by atoms with Gasteiger partial charge < -0.3 is 14.4 Å². The molecule has 1 aliphatic heterocycles. The number of likely N-dealkylation sites (N-methyl/N-ethyl adjacent to an activating group) is 1. The maximum atomic E-state index is 12.0. The summed E-state index contributed by atoms with van der Waals surface area (Å²) in [6, 6.07) is -0.254. The van der Waals surface area contributed by atoms with Crippen LogP contribution in [0.15, 0.2) is 12.2 Å². The average molecular weight is 312 g/mol. The summed E-state index contributed by atoms with van der Waals surface area (Å²) in [6.45, 7) is 5.52. The number of urea groups is 1. The Kier molecular flexibility index (Phi) is 5.66. The molecule has 1 unspecified atom stereocenters. The zero-order valence-corrected chi connectivity index (χ0v) is 13.2. The highest BCUT2D eigenvalue weighted by atomic mass is 32.1. The van der Waals surface area contributed by atoms with Gasteiger partial charge in [0.25, 0.3) is 0 Å². The Morgan fingerprint density at radius 2 is 2.24 bits per heavy atom. The summed E-state index contributed by atoms with van der Waals surface area (Å²) in [5.74, 6) is 0.191. The number of carbonyl (C=O) groups is 1. The number of nitrogens with one attached hydrogen (secondary N) is 1. The molecule has 0 spiro atoms. The molecule has 21 heavy (non-hydrogen) atoms. The number of anilines is 1. The van der Waals surface area contributed by atoms with Gasteiger partial charge in [-0.3, -0.25) is 5.32 Å². The summed E-state index contributed by atoms with van der Waals surface area (Å²) in [6.07, 6.45) is 3.66. The van der Waals surface area contributed by atoms with Gasteiger partial charge >= 0.3 is 6.03 Å². The van der Waals surface area contributed by atoms with Crippen molar-refractivity contribution < 1.29 is 14.3 Å². The van der Waals surface area contributed by atoms with Gasteiger partial charge in [0.15, 0.2) is 6.29 Å². The van der Waals surface area contributed by atoms with E-state index in [-0.39, 0.29) is 18.2 Å². The largest absolute Gasteiger partial charge is 0.348 e. The van der Waals surface area contributed by atoms with Crippen LogP contribution in [0.4, 0.5) is 9.93 Å². The van der Waals surface area contributed by atoms with E-state index in [0.717, 1.165) is 5.01 Å². The third-order valence-corrected chi connectivity index (χ3v) is 4.03. The Bertz CT molecular complexity index is 499. The number of ether oxygens (including phenoxy) is 2. The minimum atomic E-state index is -0.347. The number of carbonyl (C=O) groups excluding carboxylic acids is 1. The zero-order chi connectivity index (χ0) is 15.2. The van der Waals surface area contributed by atoms with Crippen LogP contribution in [0.25, 0.3) is 0 Å². The van der Waals surface area contributed by atoms with Crippen molar-refractivity contribution >= 4 is 22.5 Å². The van der Waals surface area contributed by atoms with Crippen molar-refractivity contribution in [2.24, 2.45) is 0 Å². The van der Waals surface area contributed by atoms with Crippen molar-refractivity contribution in [3.8, 4) is 0 Å². The van der Waals surface area contributed by atoms with Gasteiger partial charge in [-0.1, -0.05) is 30.4 Å². The van der Waals surface area contributed by atoms with Gasteiger partial charge in [-0.15, -0.1) is 10.2 Å². The minimum Gasteiger partial charge on any atom is -0.348 e. The standard InChI is InChI=1S/C13H20N4O3S/c1-4-5-9(2)11-15-16-12(21-11)14-13(18)17(3)8-10-19-6-7-20-10/h4-5,9-10H,6-8H2,1-3H3,(H,14,16,18)/b5-4+. The van der Waals surface area contributed by atoms with Gasteiger partial charge in [0.1, 0.15) is 5.01 Å². The lowest BCUT2D eigenvalue weighted by Crippen LogP contribution is -2.37. The van der Waals surface area contributed by atoms with E-state index >= 15 is 0 Å². The molecule has 0 radical (unpaired) electrons. The molecular weight excluding hydrogens is 292 g/mol. The van der Waals surface area contributed by atoms with Crippen LogP contribution in [-0.2, 0) is 9.47 Å². The van der Waals surface area contributed by atoms with Crippen LogP contribution >= 0.6 is 11.3 Å². The first kappa shape index (κ1) is 15.9. The van der Waals surface area contributed by atoms with E-state index < -0.39 is 0 Å². The summed E-state index contributed by atoms with van der Waals surface area (Å²) >= 11 is 1.37. The van der Waals surface area contributed by atoms with E-state index in [1.807, 2.05) is 26.0 Å². The van der Waals surface area contributed by atoms with Crippen LogP contribution in [0.5, 0.6) is 0 Å². The second-order valence-electron chi connectivity index (χ2n) is 4.74. The molecule has 7 nitrogen and oxygen atoms in total. The predicted octanol–water partition coefficient (Wildman–Crippen LogP) is 2.05. The third kappa shape index (κ3) is 4.48. The van der Waals surface area contributed by atoms with Crippen LogP contribution in [0.3, 0.4) is 0 Å². The highest BCUT2D eigenvalue weighted by molar-refractivity contribution is 7.15. The van der Waals surface area contributed by atoms with Gasteiger partial charge in [0, 0.05) is 13.0 Å². The lowest BCUT2D eigenvalue weighted by molar-refractivity contribution is -0.0518. The molecule has 1 aliphatic rings. The lowest BCUT2D eigenvalue weighted by atomic mass is 10.2. The highest BCUT2D eigenvalue weighted by Crippen LogP contribution is 2.24. The molecule has 2 heterocycles. The van der Waals surface area contributed by atoms with Gasteiger partial charge in [-0.05, 0) is 6.92 Å². The van der Waals surface area contributed by atoms with Crippen molar-refractivity contribution in [2.75, 3.05) is 32.1 Å². The molecule has 1 saturated heterocycles. The second-order valence-corrected chi connectivity index (χ2v) is 5.75. The smallest absolute Gasteiger partial charge is 0.323 e. The average Bonchev–Trinajstić information content (AvgIpc) is 3.10. The molecule has 1 aromatic heterocycles. The molecule has 1 aromatic rings. The Morgan fingerprint density at radius 3 is 2.90 bits per heavy atom. The third-order valence-electron chi connectivity index (χ3n) is 2.99. The van der Waals surface area contributed by atoms with Crippen molar-refractivity contribution in [1.82, 2.24) is 15.1 Å². The molecule has 1 atom stereocenters. The number of nitrogens with zero attached hydrogens (tertiary/aromatic N) is 3. The molecule has 116 valence electrons. The molecule has 0 aliphatic carbocycles. The van der Waals surface area contributed by atoms with E-state index in [9.17, 15) is 4.79 Å². The van der Waals surface area contributed by atoms with Gasteiger partial charge in [0.2, 0.25) is 5.13 Å². The fourth-order valence-corrected chi connectivity index (χ4v) is 2.61. The normalized spacial score (nSPS) is 17.3. The Labute approximate surface area is 127 Å². The summed E-state index contributed by atoms with van der Waals surface area (Å²) in [7, 11) is 1.69. The Balaban J connectivity index is 1.86. The van der Waals surface area contributed by atoms with Crippen molar-refractivity contribution in [1.29, 1.82) is 0 Å². The van der Waals surface area contributed by atoms with Crippen LogP contribution in [0, 0.1) is 0 Å². The fourth-order valence-electron chi connectivity index (χ4n) is 1.85. The predicted molar refractivity (Wildman–Crippen MR) is 80.5 cm³/mol. The van der Waals surface area contributed by atoms with Crippen LogP contribution in [0.1, 0.15) is 24.8 Å². The van der Waals surface area contributed by atoms with Gasteiger partial charge in [0.05, 0.1) is 19.8 Å². The molecule has 0 bridgehead atoms. The van der Waals surface area contributed by atoms with E-state index in [0.29, 0.717) is 24.9 Å². The maximum Gasteiger partial charge on any atom is 0.323 e. The lowest BCUT2D eigenvalue weighted by Gasteiger charge is -2.19. The molecule has 0 saturated carbocycles. The first-order valence-electron chi connectivity index (χ1n) is 6.81. The van der Waals surface area contributed by atoms with Crippen LogP contribution < -0.4 is 5.32 Å². The molecule has 2 amide bonds. The summed E-state index contributed by atoms with van der Waals surface area (Å²) in [5.41, 5.74) is 0. The van der Waals surface area contributed by atoms with Crippen LogP contribution in [-0.4, -0.2) is 54.2 Å². The van der Waals surface area contributed by atoms with Gasteiger partial charge in [-0.2, -0.15) is 0 Å². The minimum absolute atomic E-state index is 0.191. The van der Waals surface area contributed by atoms with E-state index in [1.165, 1.54) is 16.2 Å². The molecule has 8 heteroatoms. The van der Waals surface area contributed by atoms with Crippen molar-refractivity contribution in [3.05, 3.63) is 17.2 Å². The Hall–Kier alpha value is -1.51. The topological polar surface area (TPSA) is 76.6 Å². The number of aromatic nitrogens is 2. The summed E-state index contributed by atoms with van der Waals surface area (Å²) in [4.78, 5) is 13.5. The fraction of sp³-hybridized carbons (Fsp3) is 0.615. The number of hydrogen-bond acceptors (Lipinski definition) is 6. The molecule has 1 N–H and O–H groups in total. The van der Waals surface area contributed by atoms with Crippen LogP contribution in [0.2, 0.25) is 0 Å². The molecular formula is C13H20N4O3S. The zero-order valence-electron chi connectivity index (χ0n) is 12.4. The first-order chi connectivity index (χ1) is 10.1. The number of allylic oxidation sites excluding steroid dienone is 2. The monoisotopic (exact) mass is 312 g/mol. The quantitative estimate of drug-likeness (QED) is 0.842. The Morgan fingerprint density at radius 1 is 1.52 bits per heavy atom. The molecule has 2 rings (SSSR count). The maximum absolute atomic E-state index is 12.0. The van der Waals surface area contributed by atoms with Gasteiger partial charge in [-0.25, -0.2) is 4.79 Å². The number of rotatable bonds is 5. The van der Waals surface area contributed by atoms with Crippen molar-refractivity contribution in [3.63, 3.8) is 0 Å². The SMILES string of the molecule is C/C=C/C(C)c1nnc(NC(=O)N(C)CC2OCCO2)s1. The molecule has 1 fully saturated rings. The number of hydrogen-bond donors (Lipinski definition) is 1. The van der Waals surface area contributed by atoms with Crippen molar-refractivity contribution in [2.45, 2.75) is 26.1 Å². The summed E-state index contributed by atoms with van der Waals surface area (Å²) < 4.78 is 10.6. The second kappa shape index (κ2) is 7.48. The summed E-state index contributed by atoms with van der Waals surface area (Å²) in [5, 5.41) is 12.2. The van der Waals surface area contributed by atoms with E-state index in [2.05, 4.69) is 15.5 Å². The highest BCUT2D eigenvalue weighted by Gasteiger charge is 2.21. The van der Waals surface area contributed by atoms with E-state index in [4.69, 9.17) is 9.47 Å². The molecule has 0 aromatic carbocycles. The van der Waals surface area contributed by atoms with E-state index in [1.54, 1.807) is 7.05 Å².